The summed E-state index contributed by atoms with van der Waals surface area (Å²) in [5, 5.41) is 15.1. The molecule has 0 bridgehead atoms. The molecule has 2 aromatic heterocycles. The molecular formula is C20H18F4N4O4S. The number of rotatable bonds is 7. The smallest absolute Gasteiger partial charge is 0.419 e. The molecule has 0 saturated heterocycles. The molecule has 8 nitrogen and oxygen atoms in total. The topological polar surface area (TPSA) is 106 Å². The van der Waals surface area contributed by atoms with Gasteiger partial charge in [-0.05, 0) is 42.9 Å². The lowest BCUT2D eigenvalue weighted by Crippen LogP contribution is -2.17. The Hall–Kier alpha value is -3.32. The van der Waals surface area contributed by atoms with Crippen LogP contribution in [0.3, 0.4) is 0 Å². The third-order valence-electron chi connectivity index (χ3n) is 4.54. The summed E-state index contributed by atoms with van der Waals surface area (Å²) < 4.78 is 61.1. The molecule has 0 fully saturated rings. The van der Waals surface area contributed by atoms with E-state index < -0.39 is 33.9 Å². The van der Waals surface area contributed by atoms with Crippen LogP contribution in [0, 0.1) is 12.7 Å². The Kier molecular flexibility index (Phi) is 7.12. The van der Waals surface area contributed by atoms with Gasteiger partial charge in [0.2, 0.25) is 5.13 Å². The summed E-state index contributed by atoms with van der Waals surface area (Å²) in [6.07, 6.45) is -3.61. The van der Waals surface area contributed by atoms with Crippen molar-refractivity contribution in [3.05, 3.63) is 56.7 Å². The van der Waals surface area contributed by atoms with Crippen molar-refractivity contribution in [1.29, 1.82) is 0 Å². The van der Waals surface area contributed by atoms with E-state index in [0.717, 1.165) is 24.1 Å². The molecule has 33 heavy (non-hydrogen) atoms. The van der Waals surface area contributed by atoms with Gasteiger partial charge in [0.25, 0.3) is 5.91 Å². The molecule has 0 radical (unpaired) electrons. The van der Waals surface area contributed by atoms with Crippen molar-refractivity contribution in [3.8, 4) is 16.9 Å². The number of alkyl halides is 3. The van der Waals surface area contributed by atoms with E-state index >= 15 is 4.39 Å². The molecule has 1 amide bonds. The van der Waals surface area contributed by atoms with Crippen LogP contribution in [0.15, 0.2) is 29.2 Å². The largest absolute Gasteiger partial charge is 0.496 e. The van der Waals surface area contributed by atoms with Gasteiger partial charge in [-0.15, -0.1) is 5.10 Å². The lowest BCUT2D eigenvalue weighted by molar-refractivity contribution is -0.139. The van der Waals surface area contributed by atoms with E-state index in [9.17, 15) is 22.8 Å². The summed E-state index contributed by atoms with van der Waals surface area (Å²) in [5.74, 6) is -2.67. The summed E-state index contributed by atoms with van der Waals surface area (Å²) in [6.45, 7) is 1.50. The maximum atomic E-state index is 15.1. The lowest BCUT2D eigenvalue weighted by Gasteiger charge is -2.17. The third kappa shape index (κ3) is 5.20. The molecule has 2 heterocycles. The van der Waals surface area contributed by atoms with Crippen molar-refractivity contribution in [1.82, 2.24) is 14.8 Å². The van der Waals surface area contributed by atoms with E-state index in [-0.39, 0.29) is 41.6 Å². The van der Waals surface area contributed by atoms with Crippen LogP contribution in [-0.2, 0) is 12.7 Å². The first kappa shape index (κ1) is 24.3. The quantitative estimate of drug-likeness (QED) is 0.496. The molecule has 0 aliphatic rings. The number of halogens is 4. The van der Waals surface area contributed by atoms with Crippen LogP contribution in [0.1, 0.15) is 28.0 Å². The van der Waals surface area contributed by atoms with Crippen LogP contribution in [0.4, 0.5) is 22.7 Å². The van der Waals surface area contributed by atoms with Gasteiger partial charge in [0.05, 0.1) is 23.8 Å². The maximum Gasteiger partial charge on any atom is 0.419 e. The van der Waals surface area contributed by atoms with Crippen LogP contribution in [0.5, 0.6) is 5.75 Å². The van der Waals surface area contributed by atoms with Crippen molar-refractivity contribution in [2.45, 2.75) is 26.1 Å². The van der Waals surface area contributed by atoms with Gasteiger partial charge in [-0.2, -0.15) is 13.2 Å². The number of hydrogen-bond donors (Lipinski definition) is 2. The molecule has 0 atom stereocenters. The first-order chi connectivity index (χ1) is 15.6. The molecule has 176 valence electrons. The fourth-order valence-corrected chi connectivity index (χ4v) is 3.71. The molecule has 1 aromatic carbocycles. The third-order valence-corrected chi connectivity index (χ3v) is 5.30. The minimum atomic E-state index is -4.97. The Morgan fingerprint density at radius 3 is 2.70 bits per heavy atom. The van der Waals surface area contributed by atoms with Gasteiger partial charge in [0, 0.05) is 30.6 Å². The highest BCUT2D eigenvalue weighted by Crippen LogP contribution is 2.41. The zero-order chi connectivity index (χ0) is 24.3. The number of aliphatic hydroxyl groups is 1. The second-order valence-electron chi connectivity index (χ2n) is 6.80. The van der Waals surface area contributed by atoms with E-state index in [4.69, 9.17) is 9.84 Å². The number of methoxy groups -OCH3 is 1. The number of ether oxygens (including phenoxy) is 1. The van der Waals surface area contributed by atoms with E-state index in [1.165, 1.54) is 13.0 Å². The van der Waals surface area contributed by atoms with Crippen molar-refractivity contribution >= 4 is 22.4 Å². The molecule has 0 saturated carbocycles. The summed E-state index contributed by atoms with van der Waals surface area (Å²) in [4.78, 5) is 28.4. The van der Waals surface area contributed by atoms with E-state index in [1.807, 2.05) is 0 Å². The minimum Gasteiger partial charge on any atom is -0.496 e. The molecule has 13 heteroatoms. The fourth-order valence-electron chi connectivity index (χ4n) is 3.03. The Balaban J connectivity index is 2.08. The molecule has 3 rings (SSSR count). The number of carbonyl (C=O) groups is 1. The van der Waals surface area contributed by atoms with Crippen LogP contribution in [0.2, 0.25) is 0 Å². The zero-order valence-electron chi connectivity index (χ0n) is 17.4. The van der Waals surface area contributed by atoms with Crippen molar-refractivity contribution in [2.24, 2.45) is 0 Å². The number of anilines is 1. The number of hydrogen-bond acceptors (Lipinski definition) is 7. The Morgan fingerprint density at radius 1 is 1.33 bits per heavy atom. The van der Waals surface area contributed by atoms with E-state index in [2.05, 4.69) is 15.4 Å². The SMILES string of the molecule is COc1ccc(C(F)(F)F)c(F)c1-c1cc(C)ncc1C(=O)Nc1nn(CCCO)c(=O)s1. The highest BCUT2D eigenvalue weighted by Gasteiger charge is 2.37. The number of aliphatic hydroxyl groups excluding tert-OH is 1. The van der Waals surface area contributed by atoms with Crippen molar-refractivity contribution < 1.29 is 32.2 Å². The number of nitrogens with one attached hydrogen (secondary N) is 1. The second-order valence-corrected chi connectivity index (χ2v) is 7.74. The monoisotopic (exact) mass is 486 g/mol. The number of carbonyl (C=O) groups excluding carboxylic acids is 1. The van der Waals surface area contributed by atoms with E-state index in [0.29, 0.717) is 23.1 Å². The zero-order valence-corrected chi connectivity index (χ0v) is 18.2. The van der Waals surface area contributed by atoms with Gasteiger partial charge in [-0.25, -0.2) is 9.07 Å². The summed E-state index contributed by atoms with van der Waals surface area (Å²) in [5.41, 5.74) is -2.17. The lowest BCUT2D eigenvalue weighted by atomic mass is 9.96. The summed E-state index contributed by atoms with van der Waals surface area (Å²) in [7, 11) is 1.16. The first-order valence-electron chi connectivity index (χ1n) is 9.47. The highest BCUT2D eigenvalue weighted by molar-refractivity contribution is 7.13. The summed E-state index contributed by atoms with van der Waals surface area (Å²) >= 11 is 0.624. The molecule has 2 N–H and O–H groups in total. The molecule has 0 aliphatic carbocycles. The van der Waals surface area contributed by atoms with Gasteiger partial charge < -0.3 is 9.84 Å². The van der Waals surface area contributed by atoms with E-state index in [1.54, 1.807) is 0 Å². The van der Waals surface area contributed by atoms with Crippen LogP contribution < -0.4 is 14.9 Å². The number of benzene rings is 1. The number of pyridine rings is 1. The van der Waals surface area contributed by atoms with Crippen LogP contribution in [-0.4, -0.2) is 39.5 Å². The van der Waals surface area contributed by atoms with Gasteiger partial charge in [-0.3, -0.25) is 19.9 Å². The average molecular weight is 486 g/mol. The maximum absolute atomic E-state index is 15.1. The number of nitrogens with zero attached hydrogens (tertiary/aromatic N) is 3. The highest BCUT2D eigenvalue weighted by atomic mass is 32.1. The Bertz CT molecular complexity index is 1240. The van der Waals surface area contributed by atoms with Crippen molar-refractivity contribution in [2.75, 3.05) is 19.0 Å². The molecule has 3 aromatic rings. The summed E-state index contributed by atoms with van der Waals surface area (Å²) in [6, 6.07) is 2.79. The predicted molar refractivity (Wildman–Crippen MR) is 112 cm³/mol. The van der Waals surface area contributed by atoms with Gasteiger partial charge in [0.15, 0.2) is 0 Å². The average Bonchev–Trinajstić information content (AvgIpc) is 3.09. The minimum absolute atomic E-state index is 0.0778. The van der Waals surface area contributed by atoms with Gasteiger partial charge in [0.1, 0.15) is 11.6 Å². The number of amides is 1. The second kappa shape index (κ2) is 9.67. The Morgan fingerprint density at radius 2 is 2.06 bits per heavy atom. The Labute approximate surface area is 188 Å². The molecule has 0 unspecified atom stereocenters. The van der Waals surface area contributed by atoms with Gasteiger partial charge in [-0.1, -0.05) is 0 Å². The molecular weight excluding hydrogens is 468 g/mol. The molecule has 0 spiro atoms. The van der Waals surface area contributed by atoms with Crippen LogP contribution in [0.25, 0.3) is 11.1 Å². The number of aryl methyl sites for hydroxylation is 2. The normalized spacial score (nSPS) is 11.5. The molecule has 0 aliphatic heterocycles. The standard InChI is InChI=1S/C20H18F4N4O4S/c1-10-8-11(15-14(32-2)5-4-13(16(15)21)20(22,23)24)12(9-25-10)17(30)26-18-27-28(6-3-7-29)19(31)33-18/h4-5,8-9,29H,3,6-7H2,1-2H3,(H,26,27,30). The predicted octanol–water partition coefficient (Wildman–Crippen LogP) is 3.48. The first-order valence-corrected chi connectivity index (χ1v) is 10.3. The fraction of sp³-hybridized carbons (Fsp3) is 0.300. The van der Waals surface area contributed by atoms with Crippen LogP contribution >= 0.6 is 11.3 Å². The number of aromatic nitrogens is 3. The van der Waals surface area contributed by atoms with Gasteiger partial charge >= 0.3 is 11.0 Å². The van der Waals surface area contributed by atoms with Crippen molar-refractivity contribution in [3.63, 3.8) is 0 Å².